The Balaban J connectivity index is 1.84. The van der Waals surface area contributed by atoms with E-state index in [1.54, 1.807) is 12.5 Å². The Morgan fingerprint density at radius 2 is 2.21 bits per heavy atom. The van der Waals surface area contributed by atoms with Crippen LogP contribution in [0.5, 0.6) is 0 Å². The van der Waals surface area contributed by atoms with Crippen LogP contribution in [0.1, 0.15) is 49.9 Å². The van der Waals surface area contributed by atoms with E-state index in [4.69, 9.17) is 0 Å². The average Bonchev–Trinajstić information content (AvgIpc) is 2.96. The number of carbonyl (C=O) groups is 1. The monoisotopic (exact) mass is 330 g/mol. The molecule has 1 atom stereocenters. The molecule has 130 valence electrons. The number of rotatable bonds is 5. The van der Waals surface area contributed by atoms with Crippen LogP contribution in [0.2, 0.25) is 0 Å². The Hall–Kier alpha value is -1.95. The van der Waals surface area contributed by atoms with Gasteiger partial charge in [0.1, 0.15) is 5.52 Å². The van der Waals surface area contributed by atoms with Crippen LogP contribution in [0, 0.1) is 5.92 Å². The molecule has 6 heteroatoms. The number of imidazole rings is 1. The van der Waals surface area contributed by atoms with Crippen molar-refractivity contribution >= 4 is 17.1 Å². The van der Waals surface area contributed by atoms with Crippen molar-refractivity contribution in [3.63, 3.8) is 0 Å². The first-order valence-electron chi connectivity index (χ1n) is 8.83. The highest BCUT2D eigenvalue weighted by molar-refractivity contribution is 5.96. The summed E-state index contributed by atoms with van der Waals surface area (Å²) in [5, 5.41) is 9.24. The number of likely N-dealkylation sites (tertiary alicyclic amines) is 1. The molecule has 0 saturated carbocycles. The molecule has 1 aliphatic heterocycles. The smallest absolute Gasteiger partial charge is 0.255 e. The van der Waals surface area contributed by atoms with Crippen molar-refractivity contribution in [3.05, 3.63) is 24.2 Å². The lowest BCUT2D eigenvalue weighted by atomic mass is 9.98. The van der Waals surface area contributed by atoms with E-state index in [0.717, 1.165) is 43.5 Å². The molecule has 0 radical (unpaired) electrons. The van der Waals surface area contributed by atoms with Crippen LogP contribution in [0.3, 0.4) is 0 Å². The highest BCUT2D eigenvalue weighted by Gasteiger charge is 2.27. The fourth-order valence-corrected chi connectivity index (χ4v) is 3.48. The van der Waals surface area contributed by atoms with Gasteiger partial charge in [0.2, 0.25) is 0 Å². The second kappa shape index (κ2) is 7.30. The Kier molecular flexibility index (Phi) is 5.14. The summed E-state index contributed by atoms with van der Waals surface area (Å²) in [6, 6.07) is 1.97. The molecule has 1 N–H and O–H groups in total. The maximum atomic E-state index is 12.9. The molecule has 2 aromatic rings. The van der Waals surface area contributed by atoms with Gasteiger partial charge in [-0.3, -0.25) is 4.79 Å². The SMILES string of the molecule is CC(C)Cn1cnc2cc(C(=O)N3CCCCC3CCO)cnc21. The van der Waals surface area contributed by atoms with Crippen LogP contribution in [0.4, 0.5) is 0 Å². The quantitative estimate of drug-likeness (QED) is 0.914. The lowest BCUT2D eigenvalue weighted by Crippen LogP contribution is -2.44. The number of hydrogen-bond donors (Lipinski definition) is 1. The first-order valence-corrected chi connectivity index (χ1v) is 8.83. The molecule has 6 nitrogen and oxygen atoms in total. The van der Waals surface area contributed by atoms with Gasteiger partial charge in [0.15, 0.2) is 5.65 Å². The second-order valence-electron chi connectivity index (χ2n) is 7.02. The zero-order chi connectivity index (χ0) is 17.1. The summed E-state index contributed by atoms with van der Waals surface area (Å²) in [5.41, 5.74) is 2.17. The lowest BCUT2D eigenvalue weighted by Gasteiger charge is -2.35. The van der Waals surface area contributed by atoms with Crippen LogP contribution in [0.25, 0.3) is 11.2 Å². The molecule has 0 aliphatic carbocycles. The summed E-state index contributed by atoms with van der Waals surface area (Å²) >= 11 is 0. The van der Waals surface area contributed by atoms with E-state index >= 15 is 0 Å². The standard InChI is InChI=1S/C18H26N4O2/c1-13(2)11-21-12-20-16-9-14(10-19-17(16)21)18(24)22-7-4-3-5-15(22)6-8-23/h9-10,12-13,15,23H,3-8,11H2,1-2H3. The van der Waals surface area contributed by atoms with Crippen molar-refractivity contribution in [3.8, 4) is 0 Å². The van der Waals surface area contributed by atoms with Crippen LogP contribution in [-0.2, 0) is 6.54 Å². The molecular weight excluding hydrogens is 304 g/mol. The molecule has 0 aromatic carbocycles. The molecule has 1 amide bonds. The zero-order valence-electron chi connectivity index (χ0n) is 14.5. The third kappa shape index (κ3) is 3.43. The Morgan fingerprint density at radius 1 is 1.38 bits per heavy atom. The Bertz CT molecular complexity index is 708. The summed E-state index contributed by atoms with van der Waals surface area (Å²) in [5.74, 6) is 0.513. The fourth-order valence-electron chi connectivity index (χ4n) is 3.48. The number of piperidine rings is 1. The van der Waals surface area contributed by atoms with Crippen molar-refractivity contribution in [2.24, 2.45) is 5.92 Å². The van der Waals surface area contributed by atoms with Gasteiger partial charge >= 0.3 is 0 Å². The number of nitrogens with zero attached hydrogens (tertiary/aromatic N) is 4. The van der Waals surface area contributed by atoms with Crippen LogP contribution < -0.4 is 0 Å². The van der Waals surface area contributed by atoms with Gasteiger partial charge in [0, 0.05) is 31.9 Å². The van der Waals surface area contributed by atoms with Gasteiger partial charge in [-0.05, 0) is 37.7 Å². The summed E-state index contributed by atoms with van der Waals surface area (Å²) in [6.07, 6.45) is 7.20. The highest BCUT2D eigenvalue weighted by Crippen LogP contribution is 2.23. The minimum Gasteiger partial charge on any atom is -0.396 e. The molecule has 1 saturated heterocycles. The lowest BCUT2D eigenvalue weighted by molar-refractivity contribution is 0.0574. The third-order valence-electron chi connectivity index (χ3n) is 4.61. The van der Waals surface area contributed by atoms with Crippen molar-refractivity contribution in [1.82, 2.24) is 19.4 Å². The van der Waals surface area contributed by atoms with Crippen LogP contribution in [0.15, 0.2) is 18.6 Å². The molecule has 1 fully saturated rings. The van der Waals surface area contributed by atoms with Gasteiger partial charge in [-0.2, -0.15) is 0 Å². The highest BCUT2D eigenvalue weighted by atomic mass is 16.3. The van der Waals surface area contributed by atoms with E-state index in [9.17, 15) is 9.90 Å². The summed E-state index contributed by atoms with van der Waals surface area (Å²) < 4.78 is 2.03. The van der Waals surface area contributed by atoms with Gasteiger partial charge in [-0.25, -0.2) is 9.97 Å². The van der Waals surface area contributed by atoms with E-state index in [1.165, 1.54) is 0 Å². The summed E-state index contributed by atoms with van der Waals surface area (Å²) in [7, 11) is 0. The number of pyridine rings is 1. The average molecular weight is 330 g/mol. The summed E-state index contributed by atoms with van der Waals surface area (Å²) in [6.45, 7) is 6.04. The Morgan fingerprint density at radius 3 is 2.96 bits per heavy atom. The van der Waals surface area contributed by atoms with Crippen LogP contribution in [-0.4, -0.2) is 49.6 Å². The predicted molar refractivity (Wildman–Crippen MR) is 92.7 cm³/mol. The van der Waals surface area contributed by atoms with E-state index < -0.39 is 0 Å². The van der Waals surface area contributed by atoms with E-state index in [-0.39, 0.29) is 18.6 Å². The molecule has 3 rings (SSSR count). The number of hydrogen-bond acceptors (Lipinski definition) is 4. The second-order valence-corrected chi connectivity index (χ2v) is 7.02. The molecule has 0 spiro atoms. The molecule has 3 heterocycles. The number of aliphatic hydroxyl groups excluding tert-OH is 1. The molecule has 1 unspecified atom stereocenters. The van der Waals surface area contributed by atoms with Crippen molar-refractivity contribution in [2.45, 2.75) is 52.1 Å². The van der Waals surface area contributed by atoms with Gasteiger partial charge in [0.25, 0.3) is 5.91 Å². The van der Waals surface area contributed by atoms with E-state index in [1.807, 2.05) is 15.5 Å². The van der Waals surface area contributed by atoms with Gasteiger partial charge in [0.05, 0.1) is 11.9 Å². The minimum absolute atomic E-state index is 0.000889. The molecule has 0 bridgehead atoms. The molecule has 2 aromatic heterocycles. The van der Waals surface area contributed by atoms with E-state index in [0.29, 0.717) is 17.9 Å². The number of amides is 1. The van der Waals surface area contributed by atoms with Gasteiger partial charge < -0.3 is 14.6 Å². The predicted octanol–water partition coefficient (Wildman–Crippen LogP) is 2.46. The number of aliphatic hydroxyl groups is 1. The first-order chi connectivity index (χ1) is 11.6. The molecule has 24 heavy (non-hydrogen) atoms. The number of carbonyl (C=O) groups excluding carboxylic acids is 1. The number of fused-ring (bicyclic) bond motifs is 1. The van der Waals surface area contributed by atoms with Crippen molar-refractivity contribution in [1.29, 1.82) is 0 Å². The third-order valence-corrected chi connectivity index (χ3v) is 4.61. The van der Waals surface area contributed by atoms with Crippen molar-refractivity contribution < 1.29 is 9.90 Å². The minimum atomic E-state index is 0.000889. The fraction of sp³-hybridized carbons (Fsp3) is 0.611. The normalized spacial score (nSPS) is 18.5. The van der Waals surface area contributed by atoms with Crippen molar-refractivity contribution in [2.75, 3.05) is 13.2 Å². The Labute approximate surface area is 142 Å². The first kappa shape index (κ1) is 16.9. The van der Waals surface area contributed by atoms with Gasteiger partial charge in [-0.1, -0.05) is 13.8 Å². The molecular formula is C18H26N4O2. The molecule has 1 aliphatic rings. The zero-order valence-corrected chi connectivity index (χ0v) is 14.5. The summed E-state index contributed by atoms with van der Waals surface area (Å²) in [4.78, 5) is 23.7. The van der Waals surface area contributed by atoms with E-state index in [2.05, 4.69) is 23.8 Å². The largest absolute Gasteiger partial charge is 0.396 e. The maximum Gasteiger partial charge on any atom is 0.255 e. The number of aromatic nitrogens is 3. The van der Waals surface area contributed by atoms with Crippen LogP contribution >= 0.6 is 0 Å². The maximum absolute atomic E-state index is 12.9. The topological polar surface area (TPSA) is 71.2 Å². The van der Waals surface area contributed by atoms with Gasteiger partial charge in [-0.15, -0.1) is 0 Å².